The first-order valence-corrected chi connectivity index (χ1v) is 6.14. The van der Waals surface area contributed by atoms with Crippen molar-refractivity contribution in [2.45, 2.75) is 45.7 Å². The number of rotatable bonds is 4. The van der Waals surface area contributed by atoms with Gasteiger partial charge in [-0.1, -0.05) is 6.92 Å². The maximum Gasteiger partial charge on any atom is 0.327 e. The molecule has 1 rings (SSSR count). The smallest absolute Gasteiger partial charge is 0.327 e. The van der Waals surface area contributed by atoms with Crippen molar-refractivity contribution in [2.24, 2.45) is 5.92 Å². The van der Waals surface area contributed by atoms with E-state index >= 15 is 0 Å². The Hall–Kier alpha value is -1.10. The maximum absolute atomic E-state index is 11.0. The number of piperidine rings is 1. The highest BCUT2D eigenvalue weighted by molar-refractivity contribution is 5.82. The monoisotopic (exact) mass is 242 g/mol. The number of aliphatic carboxylic acids is 1. The molecule has 1 aliphatic rings. The van der Waals surface area contributed by atoms with Crippen LogP contribution in [-0.4, -0.2) is 47.1 Å². The van der Waals surface area contributed by atoms with Gasteiger partial charge in [-0.15, -0.1) is 0 Å². The number of hydrogen-bond acceptors (Lipinski definition) is 3. The van der Waals surface area contributed by atoms with Crippen molar-refractivity contribution in [1.82, 2.24) is 10.2 Å². The highest BCUT2D eigenvalue weighted by Crippen LogP contribution is 2.21. The molecule has 1 aliphatic heterocycles. The molecule has 0 aromatic heterocycles. The number of amides is 1. The number of hydrogen-bond donors (Lipinski definition) is 2. The first-order valence-electron chi connectivity index (χ1n) is 6.14. The Balaban J connectivity index is 2.54. The summed E-state index contributed by atoms with van der Waals surface area (Å²) in [5.74, 6) is -0.563. The van der Waals surface area contributed by atoms with Gasteiger partial charge in [0.2, 0.25) is 5.91 Å². The van der Waals surface area contributed by atoms with Crippen LogP contribution >= 0.6 is 0 Å². The molecule has 2 N–H and O–H groups in total. The zero-order valence-corrected chi connectivity index (χ0v) is 10.8. The van der Waals surface area contributed by atoms with Crippen LogP contribution in [0.2, 0.25) is 0 Å². The predicted octanol–water partition coefficient (Wildman–Crippen LogP) is 0.696. The molecule has 0 aromatic carbocycles. The number of likely N-dealkylation sites (tertiary alicyclic amines) is 1. The molecule has 0 radical (unpaired) electrons. The number of nitrogens with one attached hydrogen (secondary N) is 1. The van der Waals surface area contributed by atoms with E-state index in [-0.39, 0.29) is 5.91 Å². The van der Waals surface area contributed by atoms with E-state index in [1.54, 1.807) is 0 Å². The number of carbonyl (C=O) groups is 2. The fourth-order valence-electron chi connectivity index (χ4n) is 2.39. The molecule has 0 aromatic rings. The van der Waals surface area contributed by atoms with Crippen molar-refractivity contribution in [1.29, 1.82) is 0 Å². The lowest BCUT2D eigenvalue weighted by atomic mass is 9.93. The summed E-state index contributed by atoms with van der Waals surface area (Å²) in [5.41, 5.74) is 0. The van der Waals surface area contributed by atoms with Crippen LogP contribution in [0.1, 0.15) is 33.6 Å². The minimum atomic E-state index is -0.967. The third-order valence-electron chi connectivity index (χ3n) is 3.37. The van der Waals surface area contributed by atoms with Crippen LogP contribution in [0.5, 0.6) is 0 Å². The fourth-order valence-corrected chi connectivity index (χ4v) is 2.39. The largest absolute Gasteiger partial charge is 0.480 e. The van der Waals surface area contributed by atoms with Crippen molar-refractivity contribution in [2.75, 3.05) is 13.1 Å². The van der Waals surface area contributed by atoms with Crippen molar-refractivity contribution >= 4 is 11.9 Å². The summed E-state index contributed by atoms with van der Waals surface area (Å²) in [5, 5.41) is 11.5. The Labute approximate surface area is 102 Å². The van der Waals surface area contributed by atoms with E-state index in [1.807, 2.05) is 0 Å². The summed E-state index contributed by atoms with van der Waals surface area (Å²) < 4.78 is 0. The molecule has 1 heterocycles. The van der Waals surface area contributed by atoms with Gasteiger partial charge in [0.15, 0.2) is 0 Å². The molecular formula is C12H22N2O3. The average molecular weight is 242 g/mol. The van der Waals surface area contributed by atoms with E-state index in [0.29, 0.717) is 18.5 Å². The number of carboxylic acid groups (broad SMARTS) is 1. The second-order valence-electron chi connectivity index (χ2n) is 5.06. The Bertz CT molecular complexity index is 293. The molecule has 3 unspecified atom stereocenters. The van der Waals surface area contributed by atoms with Gasteiger partial charge in [0.1, 0.15) is 6.04 Å². The molecule has 5 heteroatoms. The molecule has 3 atom stereocenters. The van der Waals surface area contributed by atoms with Crippen molar-refractivity contribution in [3.8, 4) is 0 Å². The Kier molecular flexibility index (Phi) is 4.93. The predicted molar refractivity (Wildman–Crippen MR) is 64.7 cm³/mol. The van der Waals surface area contributed by atoms with Crippen LogP contribution in [0.25, 0.3) is 0 Å². The molecule has 0 spiro atoms. The number of carboxylic acids is 1. The van der Waals surface area contributed by atoms with Gasteiger partial charge in [-0.05, 0) is 32.2 Å². The van der Waals surface area contributed by atoms with Gasteiger partial charge < -0.3 is 10.4 Å². The third-order valence-corrected chi connectivity index (χ3v) is 3.37. The van der Waals surface area contributed by atoms with Gasteiger partial charge in [0.25, 0.3) is 0 Å². The molecule has 0 aliphatic carbocycles. The van der Waals surface area contributed by atoms with Crippen LogP contribution in [0.4, 0.5) is 0 Å². The minimum absolute atomic E-state index is 0.296. The molecule has 0 bridgehead atoms. The molecule has 1 amide bonds. The summed E-state index contributed by atoms with van der Waals surface area (Å²) in [6.07, 6.45) is 2.18. The van der Waals surface area contributed by atoms with Crippen molar-refractivity contribution < 1.29 is 14.7 Å². The van der Waals surface area contributed by atoms with E-state index in [2.05, 4.69) is 24.1 Å². The average Bonchev–Trinajstić information content (AvgIpc) is 2.19. The molecular weight excluding hydrogens is 220 g/mol. The van der Waals surface area contributed by atoms with Gasteiger partial charge in [0, 0.05) is 19.5 Å². The Morgan fingerprint density at radius 1 is 1.47 bits per heavy atom. The molecule has 1 saturated heterocycles. The summed E-state index contributed by atoms with van der Waals surface area (Å²) >= 11 is 0. The third kappa shape index (κ3) is 4.34. The topological polar surface area (TPSA) is 69.6 Å². The SMILES string of the molecule is CC(=O)NC(CN1CCC(C)CC1C)C(=O)O. The van der Waals surface area contributed by atoms with Crippen LogP contribution in [0.3, 0.4) is 0 Å². The van der Waals surface area contributed by atoms with E-state index in [0.717, 1.165) is 19.4 Å². The quantitative estimate of drug-likeness (QED) is 0.761. The Morgan fingerprint density at radius 2 is 2.12 bits per heavy atom. The zero-order valence-electron chi connectivity index (χ0n) is 10.8. The lowest BCUT2D eigenvalue weighted by Crippen LogP contribution is -2.52. The highest BCUT2D eigenvalue weighted by Gasteiger charge is 2.28. The lowest BCUT2D eigenvalue weighted by Gasteiger charge is -2.37. The zero-order chi connectivity index (χ0) is 13.0. The summed E-state index contributed by atoms with van der Waals surface area (Å²) in [6.45, 7) is 6.98. The number of carbonyl (C=O) groups excluding carboxylic acids is 1. The highest BCUT2D eigenvalue weighted by atomic mass is 16.4. The van der Waals surface area contributed by atoms with Crippen molar-refractivity contribution in [3.05, 3.63) is 0 Å². The van der Waals surface area contributed by atoms with E-state index in [4.69, 9.17) is 5.11 Å². The van der Waals surface area contributed by atoms with E-state index in [9.17, 15) is 9.59 Å². The van der Waals surface area contributed by atoms with E-state index in [1.165, 1.54) is 6.92 Å². The normalized spacial score (nSPS) is 27.5. The van der Waals surface area contributed by atoms with Crippen molar-refractivity contribution in [3.63, 3.8) is 0 Å². The first kappa shape index (κ1) is 14.0. The lowest BCUT2D eigenvalue weighted by molar-refractivity contribution is -0.142. The molecule has 5 nitrogen and oxygen atoms in total. The minimum Gasteiger partial charge on any atom is -0.480 e. The van der Waals surface area contributed by atoms with Gasteiger partial charge in [0.05, 0.1) is 0 Å². The van der Waals surface area contributed by atoms with Crippen LogP contribution < -0.4 is 5.32 Å². The standard InChI is InChI=1S/C12H22N2O3/c1-8-4-5-14(9(2)6-8)7-11(12(16)17)13-10(3)15/h8-9,11H,4-7H2,1-3H3,(H,13,15)(H,16,17). The van der Waals surface area contributed by atoms with Crippen LogP contribution in [0.15, 0.2) is 0 Å². The van der Waals surface area contributed by atoms with Gasteiger partial charge >= 0.3 is 5.97 Å². The van der Waals surface area contributed by atoms with E-state index < -0.39 is 12.0 Å². The van der Waals surface area contributed by atoms with Crippen LogP contribution in [-0.2, 0) is 9.59 Å². The summed E-state index contributed by atoms with van der Waals surface area (Å²) in [6, 6.07) is -0.419. The summed E-state index contributed by atoms with van der Waals surface area (Å²) in [7, 11) is 0. The Morgan fingerprint density at radius 3 is 2.59 bits per heavy atom. The second kappa shape index (κ2) is 6.00. The molecule has 98 valence electrons. The first-order chi connectivity index (χ1) is 7.90. The van der Waals surface area contributed by atoms with Gasteiger partial charge in [-0.3, -0.25) is 9.69 Å². The van der Waals surface area contributed by atoms with Gasteiger partial charge in [-0.2, -0.15) is 0 Å². The molecule has 17 heavy (non-hydrogen) atoms. The maximum atomic E-state index is 11.0. The fraction of sp³-hybridized carbons (Fsp3) is 0.833. The molecule has 0 saturated carbocycles. The summed E-state index contributed by atoms with van der Waals surface area (Å²) in [4.78, 5) is 24.1. The second-order valence-corrected chi connectivity index (χ2v) is 5.06. The number of nitrogens with zero attached hydrogens (tertiary/aromatic N) is 1. The van der Waals surface area contributed by atoms with Gasteiger partial charge in [-0.25, -0.2) is 4.79 Å². The van der Waals surface area contributed by atoms with Crippen LogP contribution in [0, 0.1) is 5.92 Å². The molecule has 1 fully saturated rings.